The smallest absolute Gasteiger partial charge is 0.290 e. The molecule has 0 atom stereocenters. The van der Waals surface area contributed by atoms with Gasteiger partial charge in [0.05, 0.1) is 12.0 Å². The number of thioether (sulfide) groups is 1. The number of imide groups is 1. The Bertz CT molecular complexity index is 804. The van der Waals surface area contributed by atoms with Crippen molar-refractivity contribution in [3.05, 3.63) is 52.0 Å². The number of amides is 2. The Kier molecular flexibility index (Phi) is 7.73. The molecule has 1 aromatic carbocycles. The van der Waals surface area contributed by atoms with Crippen molar-refractivity contribution in [1.29, 1.82) is 0 Å². The molecule has 2 amide bonds. The quantitative estimate of drug-likeness (QED) is 0.497. The minimum atomic E-state index is -0.377. The lowest BCUT2D eigenvalue weighted by molar-refractivity contribution is -0.115. The molecule has 2 rings (SSSR count). The molecule has 0 spiro atoms. The molecule has 1 aliphatic heterocycles. The average Bonchev–Trinajstić information content (AvgIpc) is 2.92. The highest BCUT2D eigenvalue weighted by Crippen LogP contribution is 2.31. The SMILES string of the molecule is COc1cc(/C=C2/SC(=O)NC2=O)ccc1OC/C=C(/C)CCC=C(C)C. The van der Waals surface area contributed by atoms with Crippen LogP contribution in [0.3, 0.4) is 0 Å². The number of benzene rings is 1. The van der Waals surface area contributed by atoms with Gasteiger partial charge in [-0.05, 0) is 75.2 Å². The minimum Gasteiger partial charge on any atom is -0.493 e. The first kappa shape index (κ1) is 20.8. The molecule has 1 fully saturated rings. The van der Waals surface area contributed by atoms with Crippen LogP contribution in [0.5, 0.6) is 11.5 Å². The van der Waals surface area contributed by atoms with E-state index < -0.39 is 0 Å². The molecule has 0 saturated carbocycles. The highest BCUT2D eigenvalue weighted by molar-refractivity contribution is 8.18. The zero-order valence-electron chi connectivity index (χ0n) is 16.1. The van der Waals surface area contributed by atoms with E-state index in [1.165, 1.54) is 11.1 Å². The van der Waals surface area contributed by atoms with Crippen LogP contribution in [0.15, 0.2) is 46.4 Å². The summed E-state index contributed by atoms with van der Waals surface area (Å²) in [6, 6.07) is 5.41. The van der Waals surface area contributed by atoms with Gasteiger partial charge in [0.1, 0.15) is 6.61 Å². The van der Waals surface area contributed by atoms with Crippen molar-refractivity contribution in [3.8, 4) is 11.5 Å². The van der Waals surface area contributed by atoms with Crippen molar-refractivity contribution in [3.63, 3.8) is 0 Å². The van der Waals surface area contributed by atoms with E-state index in [4.69, 9.17) is 9.47 Å². The highest BCUT2D eigenvalue weighted by Gasteiger charge is 2.25. The van der Waals surface area contributed by atoms with E-state index >= 15 is 0 Å². The predicted octanol–water partition coefficient (Wildman–Crippen LogP) is 5.09. The Morgan fingerprint density at radius 3 is 2.56 bits per heavy atom. The fourth-order valence-corrected chi connectivity index (χ4v) is 3.11. The fourth-order valence-electron chi connectivity index (χ4n) is 2.43. The van der Waals surface area contributed by atoms with Gasteiger partial charge in [-0.15, -0.1) is 0 Å². The molecule has 5 nitrogen and oxygen atoms in total. The number of carbonyl (C=O) groups excluding carboxylic acids is 2. The molecule has 0 aliphatic carbocycles. The van der Waals surface area contributed by atoms with Crippen LogP contribution < -0.4 is 14.8 Å². The molecule has 0 unspecified atom stereocenters. The topological polar surface area (TPSA) is 64.6 Å². The predicted molar refractivity (Wildman–Crippen MR) is 110 cm³/mol. The highest BCUT2D eigenvalue weighted by atomic mass is 32.2. The molecular formula is C21H25NO4S. The lowest BCUT2D eigenvalue weighted by Gasteiger charge is -2.10. The maximum Gasteiger partial charge on any atom is 0.290 e. The summed E-state index contributed by atoms with van der Waals surface area (Å²) >= 11 is 0.889. The van der Waals surface area contributed by atoms with Crippen molar-refractivity contribution in [1.82, 2.24) is 5.32 Å². The maximum atomic E-state index is 11.6. The number of ether oxygens (including phenoxy) is 2. The second kappa shape index (κ2) is 10.0. The third kappa shape index (κ3) is 6.64. The number of rotatable bonds is 8. The van der Waals surface area contributed by atoms with Crippen molar-refractivity contribution in [2.45, 2.75) is 33.6 Å². The first-order valence-electron chi connectivity index (χ1n) is 8.73. The van der Waals surface area contributed by atoms with Crippen LogP contribution in [-0.4, -0.2) is 24.9 Å². The summed E-state index contributed by atoms with van der Waals surface area (Å²) in [7, 11) is 1.57. The molecule has 144 valence electrons. The first-order valence-corrected chi connectivity index (χ1v) is 9.55. The molecule has 6 heteroatoms. The molecular weight excluding hydrogens is 362 g/mol. The normalized spacial score (nSPS) is 15.7. The van der Waals surface area contributed by atoms with Crippen LogP contribution in [0, 0.1) is 0 Å². The maximum absolute atomic E-state index is 11.6. The van der Waals surface area contributed by atoms with Crippen LogP contribution in [0.1, 0.15) is 39.2 Å². The number of carbonyl (C=O) groups is 2. The van der Waals surface area contributed by atoms with E-state index in [1.807, 2.05) is 6.07 Å². The van der Waals surface area contributed by atoms with Gasteiger partial charge in [0.15, 0.2) is 11.5 Å². The van der Waals surface area contributed by atoms with Crippen LogP contribution >= 0.6 is 11.8 Å². The van der Waals surface area contributed by atoms with Crippen LogP contribution in [0.4, 0.5) is 4.79 Å². The van der Waals surface area contributed by atoms with E-state index in [1.54, 1.807) is 25.3 Å². The van der Waals surface area contributed by atoms with Gasteiger partial charge in [-0.1, -0.05) is 23.3 Å². The number of methoxy groups -OCH3 is 1. The molecule has 0 aromatic heterocycles. The molecule has 1 heterocycles. The summed E-state index contributed by atoms with van der Waals surface area (Å²) in [5.41, 5.74) is 3.37. The van der Waals surface area contributed by atoms with E-state index in [-0.39, 0.29) is 11.1 Å². The summed E-state index contributed by atoms with van der Waals surface area (Å²) in [5.74, 6) is 0.834. The van der Waals surface area contributed by atoms with Crippen molar-refractivity contribution >= 4 is 29.0 Å². The largest absolute Gasteiger partial charge is 0.493 e. The monoisotopic (exact) mass is 387 g/mol. The third-order valence-corrected chi connectivity index (χ3v) is 4.70. The van der Waals surface area contributed by atoms with Gasteiger partial charge in [-0.2, -0.15) is 0 Å². The van der Waals surface area contributed by atoms with Crippen LogP contribution in [0.25, 0.3) is 6.08 Å². The van der Waals surface area contributed by atoms with E-state index in [0.717, 1.165) is 30.2 Å². The van der Waals surface area contributed by atoms with Crippen molar-refractivity contribution in [2.75, 3.05) is 13.7 Å². The molecule has 1 aromatic rings. The van der Waals surface area contributed by atoms with Crippen molar-refractivity contribution < 1.29 is 19.1 Å². The number of hydrogen-bond donors (Lipinski definition) is 1. The van der Waals surface area contributed by atoms with Crippen molar-refractivity contribution in [2.24, 2.45) is 0 Å². The molecule has 1 N–H and O–H groups in total. The summed E-state index contributed by atoms with van der Waals surface area (Å²) in [4.78, 5) is 23.2. The first-order chi connectivity index (χ1) is 12.9. The molecule has 27 heavy (non-hydrogen) atoms. The fraction of sp³-hybridized carbons (Fsp3) is 0.333. The van der Waals surface area contributed by atoms with Gasteiger partial charge in [-0.3, -0.25) is 14.9 Å². The number of hydrogen-bond acceptors (Lipinski definition) is 5. The van der Waals surface area contributed by atoms with Gasteiger partial charge >= 0.3 is 0 Å². The van der Waals surface area contributed by atoms with Crippen LogP contribution in [-0.2, 0) is 4.79 Å². The summed E-state index contributed by atoms with van der Waals surface area (Å²) in [6.07, 6.45) is 8.00. The van der Waals surface area contributed by atoms with E-state index in [0.29, 0.717) is 23.0 Å². The Balaban J connectivity index is 2.00. The van der Waals surface area contributed by atoms with Gasteiger partial charge in [0.25, 0.3) is 11.1 Å². The Morgan fingerprint density at radius 2 is 1.93 bits per heavy atom. The Morgan fingerprint density at radius 1 is 1.15 bits per heavy atom. The van der Waals surface area contributed by atoms with Gasteiger partial charge in [0.2, 0.25) is 0 Å². The minimum absolute atomic E-state index is 0.357. The Hall–Kier alpha value is -2.47. The summed E-state index contributed by atoms with van der Waals surface area (Å²) in [6.45, 7) is 6.76. The van der Waals surface area contributed by atoms with Gasteiger partial charge in [-0.25, -0.2) is 0 Å². The Labute approximate surface area is 164 Å². The molecule has 0 radical (unpaired) electrons. The second-order valence-electron chi connectivity index (χ2n) is 6.44. The average molecular weight is 388 g/mol. The van der Waals surface area contributed by atoms with Crippen LogP contribution in [0.2, 0.25) is 0 Å². The second-order valence-corrected chi connectivity index (χ2v) is 7.46. The molecule has 0 bridgehead atoms. The zero-order valence-corrected chi connectivity index (χ0v) is 16.9. The lowest BCUT2D eigenvalue weighted by atomic mass is 10.1. The van der Waals surface area contributed by atoms with Gasteiger partial charge < -0.3 is 9.47 Å². The standard InChI is InChI=1S/C21H25NO4S/c1-14(2)6-5-7-15(3)10-11-26-17-9-8-16(12-18(17)25-4)13-19-20(23)22-21(24)27-19/h6,8-10,12-13H,5,7,11H2,1-4H3,(H,22,23,24)/b15-10-,19-13+. The van der Waals surface area contributed by atoms with E-state index in [9.17, 15) is 9.59 Å². The summed E-state index contributed by atoms with van der Waals surface area (Å²) < 4.78 is 11.2. The lowest BCUT2D eigenvalue weighted by Crippen LogP contribution is -2.17. The number of nitrogens with one attached hydrogen (secondary N) is 1. The van der Waals surface area contributed by atoms with E-state index in [2.05, 4.69) is 38.2 Å². The molecule has 1 aliphatic rings. The summed E-state index contributed by atoms with van der Waals surface area (Å²) in [5, 5.41) is 1.88. The third-order valence-electron chi connectivity index (χ3n) is 3.89. The molecule has 1 saturated heterocycles. The number of allylic oxidation sites excluding steroid dienone is 3. The zero-order chi connectivity index (χ0) is 19.8. The van der Waals surface area contributed by atoms with Gasteiger partial charge in [0, 0.05) is 0 Å².